The maximum absolute atomic E-state index is 12.1. The molecule has 1 fully saturated rings. The molecule has 2 N–H and O–H groups in total. The lowest BCUT2D eigenvalue weighted by Gasteiger charge is -2.34. The van der Waals surface area contributed by atoms with E-state index < -0.39 is 22.9 Å². The van der Waals surface area contributed by atoms with Crippen molar-refractivity contribution in [3.8, 4) is 0 Å². The lowest BCUT2D eigenvalue weighted by atomic mass is 10.4. The topological polar surface area (TPSA) is 66.6 Å². The van der Waals surface area contributed by atoms with Gasteiger partial charge in [-0.1, -0.05) is 0 Å². The molecular formula is C7H14F3N3O2S. The molecule has 16 heavy (non-hydrogen) atoms. The quantitative estimate of drug-likeness (QED) is 0.762. The van der Waals surface area contributed by atoms with Crippen molar-refractivity contribution in [1.29, 1.82) is 0 Å². The minimum absolute atomic E-state index is 0.0523. The Balaban J connectivity index is 2.79. The van der Waals surface area contributed by atoms with Gasteiger partial charge in [0, 0.05) is 26.2 Å². The van der Waals surface area contributed by atoms with Gasteiger partial charge in [0.05, 0.1) is 0 Å². The van der Waals surface area contributed by atoms with Gasteiger partial charge in [-0.15, -0.1) is 0 Å². The van der Waals surface area contributed by atoms with E-state index in [-0.39, 0.29) is 26.2 Å². The van der Waals surface area contributed by atoms with Crippen LogP contribution in [0.2, 0.25) is 0 Å². The zero-order valence-electron chi connectivity index (χ0n) is 8.57. The molecule has 1 aliphatic rings. The molecule has 0 aromatic rings. The fraction of sp³-hybridized carbons (Fsp3) is 1.00. The van der Waals surface area contributed by atoms with Gasteiger partial charge in [-0.3, -0.25) is 0 Å². The zero-order chi connectivity index (χ0) is 12.4. The summed E-state index contributed by atoms with van der Waals surface area (Å²) in [6, 6.07) is 0. The molecule has 0 unspecified atom stereocenters. The van der Waals surface area contributed by atoms with Gasteiger partial charge in [0.1, 0.15) is 6.54 Å². The van der Waals surface area contributed by atoms with Crippen LogP contribution in [0, 0.1) is 0 Å². The third-order valence-corrected chi connectivity index (χ3v) is 4.18. The molecule has 9 heteroatoms. The van der Waals surface area contributed by atoms with Crippen molar-refractivity contribution in [2.45, 2.75) is 12.6 Å². The molecule has 0 spiro atoms. The smallest absolute Gasteiger partial charge is 0.329 e. The van der Waals surface area contributed by atoms with Crippen molar-refractivity contribution in [2.24, 2.45) is 5.73 Å². The second-order valence-electron chi connectivity index (χ2n) is 3.50. The molecule has 0 aliphatic carbocycles. The fourth-order valence-electron chi connectivity index (χ4n) is 1.55. The summed E-state index contributed by atoms with van der Waals surface area (Å²) < 4.78 is 61.2. The van der Waals surface area contributed by atoms with Gasteiger partial charge in [-0.25, -0.2) is 0 Å². The van der Waals surface area contributed by atoms with Crippen molar-refractivity contribution in [3.63, 3.8) is 0 Å². The summed E-state index contributed by atoms with van der Waals surface area (Å²) in [6.07, 6.45) is -4.13. The summed E-state index contributed by atoms with van der Waals surface area (Å²) in [4.78, 5) is 0. The average Bonchev–Trinajstić information content (AvgIpc) is 2.10. The van der Waals surface area contributed by atoms with Gasteiger partial charge >= 0.3 is 6.18 Å². The number of halogens is 3. The predicted molar refractivity (Wildman–Crippen MR) is 51.8 cm³/mol. The normalized spacial score (nSPS) is 23.5. The van der Waals surface area contributed by atoms with E-state index in [9.17, 15) is 21.6 Å². The molecule has 0 radical (unpaired) electrons. The highest BCUT2D eigenvalue weighted by atomic mass is 32.2. The van der Waals surface area contributed by atoms with Gasteiger partial charge in [0.2, 0.25) is 0 Å². The summed E-state index contributed by atoms with van der Waals surface area (Å²) in [6.45, 7) is -1.15. The highest BCUT2D eigenvalue weighted by Crippen LogP contribution is 2.22. The van der Waals surface area contributed by atoms with Crippen molar-refractivity contribution >= 4 is 10.2 Å². The summed E-state index contributed by atoms with van der Waals surface area (Å²) in [7, 11) is -3.99. The molecule has 0 saturated carbocycles. The Morgan fingerprint density at radius 3 is 2.25 bits per heavy atom. The summed E-state index contributed by atoms with van der Waals surface area (Å²) in [5, 5.41) is 0. The average molecular weight is 261 g/mol. The Bertz CT molecular complexity index is 328. The highest BCUT2D eigenvalue weighted by molar-refractivity contribution is 7.86. The molecule has 0 aromatic carbocycles. The van der Waals surface area contributed by atoms with E-state index in [0.717, 1.165) is 4.31 Å². The van der Waals surface area contributed by atoms with Gasteiger partial charge in [-0.2, -0.15) is 30.2 Å². The Morgan fingerprint density at radius 2 is 1.75 bits per heavy atom. The second kappa shape index (κ2) is 4.86. The minimum Gasteiger partial charge on any atom is -0.329 e. The van der Waals surface area contributed by atoms with Crippen LogP contribution < -0.4 is 5.73 Å². The maximum atomic E-state index is 12.1. The SMILES string of the molecule is NCCN1CCCN(CC(F)(F)F)S1(=O)=O. The number of nitrogens with zero attached hydrogens (tertiary/aromatic N) is 2. The van der Waals surface area contributed by atoms with E-state index in [1.165, 1.54) is 0 Å². The largest absolute Gasteiger partial charge is 0.402 e. The van der Waals surface area contributed by atoms with Crippen molar-refractivity contribution in [3.05, 3.63) is 0 Å². The molecule has 5 nitrogen and oxygen atoms in total. The van der Waals surface area contributed by atoms with Gasteiger partial charge < -0.3 is 5.73 Å². The molecule has 0 aromatic heterocycles. The molecule has 96 valence electrons. The van der Waals surface area contributed by atoms with Crippen LogP contribution in [0.25, 0.3) is 0 Å². The lowest BCUT2D eigenvalue weighted by molar-refractivity contribution is -0.137. The van der Waals surface area contributed by atoms with Crippen LogP contribution in [0.15, 0.2) is 0 Å². The maximum Gasteiger partial charge on any atom is 0.402 e. The Kier molecular flexibility index (Phi) is 4.16. The van der Waals surface area contributed by atoms with Crippen molar-refractivity contribution < 1.29 is 21.6 Å². The molecular weight excluding hydrogens is 247 g/mol. The lowest BCUT2D eigenvalue weighted by Crippen LogP contribution is -2.53. The zero-order valence-corrected chi connectivity index (χ0v) is 9.39. The molecule has 1 aliphatic heterocycles. The van der Waals surface area contributed by atoms with Crippen LogP contribution in [-0.4, -0.2) is 55.9 Å². The predicted octanol–water partition coefficient (Wildman–Crippen LogP) is -0.240. The summed E-state index contributed by atoms with van der Waals surface area (Å²) >= 11 is 0. The minimum atomic E-state index is -4.52. The van der Waals surface area contributed by atoms with E-state index in [0.29, 0.717) is 10.7 Å². The number of rotatable bonds is 3. The molecule has 0 bridgehead atoms. The molecule has 0 atom stereocenters. The summed E-state index contributed by atoms with van der Waals surface area (Å²) in [5.41, 5.74) is 5.21. The fourth-order valence-corrected chi connectivity index (χ4v) is 3.24. The van der Waals surface area contributed by atoms with Gasteiger partial charge in [-0.05, 0) is 6.42 Å². The Hall–Kier alpha value is -0.380. The van der Waals surface area contributed by atoms with Crippen LogP contribution in [0.4, 0.5) is 13.2 Å². The van der Waals surface area contributed by atoms with E-state index in [1.807, 2.05) is 0 Å². The first-order valence-corrected chi connectivity index (χ1v) is 6.19. The number of hydrogen-bond donors (Lipinski definition) is 1. The van der Waals surface area contributed by atoms with Crippen LogP contribution >= 0.6 is 0 Å². The third-order valence-electron chi connectivity index (χ3n) is 2.20. The van der Waals surface area contributed by atoms with E-state index in [2.05, 4.69) is 0 Å². The van der Waals surface area contributed by atoms with Crippen LogP contribution in [0.1, 0.15) is 6.42 Å². The number of hydrogen-bond acceptors (Lipinski definition) is 3. The van der Waals surface area contributed by atoms with Crippen LogP contribution in [0.3, 0.4) is 0 Å². The first-order chi connectivity index (χ1) is 7.27. The molecule has 1 rings (SSSR count). The number of nitrogens with two attached hydrogens (primary N) is 1. The Labute approximate surface area is 92.2 Å². The van der Waals surface area contributed by atoms with E-state index >= 15 is 0 Å². The van der Waals surface area contributed by atoms with E-state index in [1.54, 1.807) is 0 Å². The van der Waals surface area contributed by atoms with E-state index in [4.69, 9.17) is 5.73 Å². The first-order valence-electron chi connectivity index (χ1n) is 4.79. The molecule has 1 heterocycles. The standard InChI is InChI=1S/C7H14F3N3O2S/c8-7(9,10)6-13-4-1-3-12(5-2-11)16(13,14)15/h1-6,11H2. The molecule has 0 amide bonds. The van der Waals surface area contributed by atoms with Crippen LogP contribution in [0.5, 0.6) is 0 Å². The van der Waals surface area contributed by atoms with Crippen molar-refractivity contribution in [1.82, 2.24) is 8.61 Å². The monoisotopic (exact) mass is 261 g/mol. The van der Waals surface area contributed by atoms with Crippen LogP contribution in [-0.2, 0) is 10.2 Å². The summed E-state index contributed by atoms with van der Waals surface area (Å²) in [5.74, 6) is 0. The van der Waals surface area contributed by atoms with Gasteiger partial charge in [0.15, 0.2) is 0 Å². The highest BCUT2D eigenvalue weighted by Gasteiger charge is 2.40. The Morgan fingerprint density at radius 1 is 1.19 bits per heavy atom. The number of alkyl halides is 3. The first kappa shape index (κ1) is 13.7. The third kappa shape index (κ3) is 3.30. The van der Waals surface area contributed by atoms with Gasteiger partial charge in [0.25, 0.3) is 10.2 Å². The molecule has 1 saturated heterocycles. The van der Waals surface area contributed by atoms with Crippen molar-refractivity contribution in [2.75, 3.05) is 32.7 Å². The second-order valence-corrected chi connectivity index (χ2v) is 5.43.